The third kappa shape index (κ3) is 3.43. The van der Waals surface area contributed by atoms with Gasteiger partial charge in [-0.3, -0.25) is 0 Å². The van der Waals surface area contributed by atoms with E-state index in [-0.39, 0.29) is 11.9 Å². The number of hydrogen-bond donors (Lipinski definition) is 1. The van der Waals surface area contributed by atoms with E-state index >= 15 is 0 Å². The first-order chi connectivity index (χ1) is 8.66. The van der Waals surface area contributed by atoms with Gasteiger partial charge in [0.05, 0.1) is 12.2 Å². The molecule has 4 heteroatoms. The van der Waals surface area contributed by atoms with Crippen LogP contribution in [-0.2, 0) is 4.74 Å². The number of aliphatic hydroxyl groups is 1. The Kier molecular flexibility index (Phi) is 4.55. The molecule has 0 amide bonds. The molecule has 2 atom stereocenters. The summed E-state index contributed by atoms with van der Waals surface area (Å²) in [5.41, 5.74) is 0.604. The van der Waals surface area contributed by atoms with E-state index in [9.17, 15) is 9.50 Å². The van der Waals surface area contributed by atoms with E-state index in [1.54, 1.807) is 13.0 Å². The molecular formula is C14H19FO3. The standard InChI is InChI=1S/C14H19FO3/c1-10(16)13-6-5-11(15)8-14(13)18-9-12-4-2-3-7-17-12/h5-6,8,10,12,16H,2-4,7,9H2,1H3/t10-,12?/m0/s1. The molecule has 0 saturated carbocycles. The fourth-order valence-corrected chi connectivity index (χ4v) is 2.10. The third-order valence-electron chi connectivity index (χ3n) is 3.12. The summed E-state index contributed by atoms with van der Waals surface area (Å²) in [6.45, 7) is 2.81. The van der Waals surface area contributed by atoms with Crippen molar-refractivity contribution in [3.05, 3.63) is 29.6 Å². The molecule has 100 valence electrons. The van der Waals surface area contributed by atoms with Gasteiger partial charge < -0.3 is 14.6 Å². The fourth-order valence-electron chi connectivity index (χ4n) is 2.10. The van der Waals surface area contributed by atoms with E-state index < -0.39 is 6.10 Å². The molecule has 1 fully saturated rings. The van der Waals surface area contributed by atoms with Crippen LogP contribution in [0, 0.1) is 5.82 Å². The number of rotatable bonds is 4. The molecule has 0 aliphatic carbocycles. The molecule has 1 aromatic carbocycles. The molecule has 1 saturated heterocycles. The summed E-state index contributed by atoms with van der Waals surface area (Å²) in [4.78, 5) is 0. The molecule has 1 aromatic rings. The van der Waals surface area contributed by atoms with Gasteiger partial charge >= 0.3 is 0 Å². The topological polar surface area (TPSA) is 38.7 Å². The summed E-state index contributed by atoms with van der Waals surface area (Å²) in [6.07, 6.45) is 2.60. The number of ether oxygens (including phenoxy) is 2. The van der Waals surface area contributed by atoms with Gasteiger partial charge in [0.25, 0.3) is 0 Å². The van der Waals surface area contributed by atoms with Gasteiger partial charge in [-0.05, 0) is 38.3 Å². The Morgan fingerprint density at radius 1 is 1.50 bits per heavy atom. The van der Waals surface area contributed by atoms with Crippen molar-refractivity contribution in [2.45, 2.75) is 38.4 Å². The molecule has 1 N–H and O–H groups in total. The lowest BCUT2D eigenvalue weighted by atomic mass is 10.1. The first-order valence-corrected chi connectivity index (χ1v) is 6.38. The van der Waals surface area contributed by atoms with Crippen LogP contribution >= 0.6 is 0 Å². The Hall–Kier alpha value is -1.13. The van der Waals surface area contributed by atoms with Gasteiger partial charge in [-0.2, -0.15) is 0 Å². The first kappa shape index (κ1) is 13.3. The SMILES string of the molecule is C[C@H](O)c1ccc(F)cc1OCC1CCCCO1. The van der Waals surface area contributed by atoms with E-state index in [1.807, 2.05) is 0 Å². The van der Waals surface area contributed by atoms with Crippen LogP contribution in [0.2, 0.25) is 0 Å². The van der Waals surface area contributed by atoms with E-state index in [2.05, 4.69) is 0 Å². The van der Waals surface area contributed by atoms with Gasteiger partial charge in [0.15, 0.2) is 0 Å². The second-order valence-electron chi connectivity index (χ2n) is 4.66. The summed E-state index contributed by atoms with van der Waals surface area (Å²) in [5, 5.41) is 9.60. The second-order valence-corrected chi connectivity index (χ2v) is 4.66. The highest BCUT2D eigenvalue weighted by molar-refractivity contribution is 5.35. The predicted molar refractivity (Wildman–Crippen MR) is 66.1 cm³/mol. The van der Waals surface area contributed by atoms with Gasteiger partial charge in [0.2, 0.25) is 0 Å². The van der Waals surface area contributed by atoms with Crippen LogP contribution in [0.15, 0.2) is 18.2 Å². The molecule has 1 heterocycles. The van der Waals surface area contributed by atoms with E-state index in [1.165, 1.54) is 12.1 Å². The van der Waals surface area contributed by atoms with Crippen molar-refractivity contribution < 1.29 is 19.0 Å². The fraction of sp³-hybridized carbons (Fsp3) is 0.571. The lowest BCUT2D eigenvalue weighted by Crippen LogP contribution is -2.26. The summed E-state index contributed by atoms with van der Waals surface area (Å²) in [5.74, 6) is 0.0399. The van der Waals surface area contributed by atoms with Crippen molar-refractivity contribution in [3.8, 4) is 5.75 Å². The van der Waals surface area contributed by atoms with Gasteiger partial charge in [0, 0.05) is 18.2 Å². The van der Waals surface area contributed by atoms with Crippen molar-refractivity contribution in [3.63, 3.8) is 0 Å². The summed E-state index contributed by atoms with van der Waals surface area (Å²) in [6, 6.07) is 4.19. The van der Waals surface area contributed by atoms with Crippen LogP contribution in [0.3, 0.4) is 0 Å². The maximum absolute atomic E-state index is 13.2. The average molecular weight is 254 g/mol. The van der Waals surface area contributed by atoms with Crippen molar-refractivity contribution in [2.24, 2.45) is 0 Å². The van der Waals surface area contributed by atoms with E-state index in [0.717, 1.165) is 25.9 Å². The minimum atomic E-state index is -0.673. The van der Waals surface area contributed by atoms with E-state index in [4.69, 9.17) is 9.47 Å². The number of aliphatic hydroxyl groups excluding tert-OH is 1. The summed E-state index contributed by atoms with van der Waals surface area (Å²) < 4.78 is 24.3. The summed E-state index contributed by atoms with van der Waals surface area (Å²) >= 11 is 0. The second kappa shape index (κ2) is 6.16. The highest BCUT2D eigenvalue weighted by atomic mass is 19.1. The van der Waals surface area contributed by atoms with Gasteiger partial charge in [-0.1, -0.05) is 0 Å². The van der Waals surface area contributed by atoms with Crippen LogP contribution in [0.4, 0.5) is 4.39 Å². The van der Waals surface area contributed by atoms with E-state index in [0.29, 0.717) is 17.9 Å². The van der Waals surface area contributed by atoms with Crippen molar-refractivity contribution in [1.82, 2.24) is 0 Å². The lowest BCUT2D eigenvalue weighted by Gasteiger charge is -2.23. The smallest absolute Gasteiger partial charge is 0.128 e. The Balaban J connectivity index is 2.00. The summed E-state index contributed by atoms with van der Waals surface area (Å²) in [7, 11) is 0. The number of benzene rings is 1. The van der Waals surface area contributed by atoms with Crippen LogP contribution in [0.1, 0.15) is 37.9 Å². The Morgan fingerprint density at radius 3 is 3.00 bits per heavy atom. The maximum atomic E-state index is 13.2. The molecule has 3 nitrogen and oxygen atoms in total. The molecule has 1 aliphatic heterocycles. The molecular weight excluding hydrogens is 235 g/mol. The van der Waals surface area contributed by atoms with Crippen LogP contribution < -0.4 is 4.74 Å². The molecule has 0 aromatic heterocycles. The lowest BCUT2D eigenvalue weighted by molar-refractivity contribution is -0.0116. The zero-order valence-electron chi connectivity index (χ0n) is 10.6. The zero-order valence-corrected chi connectivity index (χ0v) is 10.6. The Morgan fingerprint density at radius 2 is 2.33 bits per heavy atom. The predicted octanol–water partition coefficient (Wildman–Crippen LogP) is 2.83. The van der Waals surface area contributed by atoms with Crippen LogP contribution in [0.5, 0.6) is 5.75 Å². The molecule has 0 radical (unpaired) electrons. The zero-order chi connectivity index (χ0) is 13.0. The Bertz CT molecular complexity index is 387. The molecule has 2 rings (SSSR count). The minimum Gasteiger partial charge on any atom is -0.490 e. The van der Waals surface area contributed by atoms with Crippen molar-refractivity contribution in [2.75, 3.05) is 13.2 Å². The van der Waals surface area contributed by atoms with Crippen LogP contribution in [0.25, 0.3) is 0 Å². The monoisotopic (exact) mass is 254 g/mol. The van der Waals surface area contributed by atoms with Gasteiger partial charge in [-0.25, -0.2) is 4.39 Å². The minimum absolute atomic E-state index is 0.0730. The van der Waals surface area contributed by atoms with Gasteiger partial charge in [-0.15, -0.1) is 0 Å². The van der Waals surface area contributed by atoms with Gasteiger partial charge in [0.1, 0.15) is 18.2 Å². The number of halogens is 1. The van der Waals surface area contributed by atoms with Crippen LogP contribution in [-0.4, -0.2) is 24.4 Å². The molecule has 1 unspecified atom stereocenters. The largest absolute Gasteiger partial charge is 0.490 e. The number of hydrogen-bond acceptors (Lipinski definition) is 3. The molecule has 0 spiro atoms. The maximum Gasteiger partial charge on any atom is 0.128 e. The highest BCUT2D eigenvalue weighted by Crippen LogP contribution is 2.26. The molecule has 1 aliphatic rings. The van der Waals surface area contributed by atoms with Crippen molar-refractivity contribution >= 4 is 0 Å². The first-order valence-electron chi connectivity index (χ1n) is 6.38. The Labute approximate surface area is 107 Å². The highest BCUT2D eigenvalue weighted by Gasteiger charge is 2.16. The average Bonchev–Trinajstić information content (AvgIpc) is 2.37. The molecule has 0 bridgehead atoms. The molecule has 18 heavy (non-hydrogen) atoms. The quantitative estimate of drug-likeness (QED) is 0.898. The normalized spacial score (nSPS) is 21.6. The third-order valence-corrected chi connectivity index (χ3v) is 3.12. The van der Waals surface area contributed by atoms with Crippen molar-refractivity contribution in [1.29, 1.82) is 0 Å².